The molecule has 0 bridgehead atoms. The number of hydrogen-bond acceptors (Lipinski definition) is 4. The van der Waals surface area contributed by atoms with Crippen molar-refractivity contribution in [3.05, 3.63) is 30.4 Å². The summed E-state index contributed by atoms with van der Waals surface area (Å²) in [6, 6.07) is 0. The summed E-state index contributed by atoms with van der Waals surface area (Å²) in [6.07, 6.45) is 4.74. The molecule has 1 aromatic rings. The minimum atomic E-state index is -0.776. The molecule has 0 aliphatic heterocycles. The number of methoxy groups -OCH3 is 1. The van der Waals surface area contributed by atoms with Gasteiger partial charge in [-0.15, -0.1) is 0 Å². The van der Waals surface area contributed by atoms with E-state index in [2.05, 4.69) is 16.5 Å². The predicted molar refractivity (Wildman–Crippen MR) is 57.2 cm³/mol. The number of nitrogens with zero attached hydrogens (tertiary/aromatic N) is 2. The van der Waals surface area contributed by atoms with E-state index in [-0.39, 0.29) is 5.97 Å². The molecule has 0 N–H and O–H groups in total. The molecule has 15 heavy (non-hydrogen) atoms. The Kier molecular flexibility index (Phi) is 3.19. The molecule has 1 rings (SSSR count). The minimum Gasteiger partial charge on any atom is -0.468 e. The van der Waals surface area contributed by atoms with Crippen LogP contribution >= 0.6 is 0 Å². The summed E-state index contributed by atoms with van der Waals surface area (Å²) in [6.45, 7) is 7.07. The van der Waals surface area contributed by atoms with Crippen molar-refractivity contribution < 1.29 is 9.53 Å². The van der Waals surface area contributed by atoms with Crippen LogP contribution in [0.2, 0.25) is 0 Å². The lowest BCUT2D eigenvalue weighted by Crippen LogP contribution is -2.31. The summed E-state index contributed by atoms with van der Waals surface area (Å²) in [5.41, 5.74) is 0.487. The standard InChI is InChI=1S/C11H14N2O2/c1-5-8-6-13-9(7-12-8)11(2,3)10(14)15-4/h5-7H,1H2,2-4H3. The van der Waals surface area contributed by atoms with Crippen LogP contribution in [0.1, 0.15) is 25.2 Å². The molecule has 0 fully saturated rings. The number of aromatic nitrogens is 2. The Morgan fingerprint density at radius 3 is 2.53 bits per heavy atom. The zero-order valence-corrected chi connectivity index (χ0v) is 9.15. The lowest BCUT2D eigenvalue weighted by molar-refractivity contribution is -0.146. The van der Waals surface area contributed by atoms with Crippen molar-refractivity contribution in [1.82, 2.24) is 9.97 Å². The summed E-state index contributed by atoms with van der Waals surface area (Å²) < 4.78 is 4.70. The van der Waals surface area contributed by atoms with Crippen LogP contribution in [-0.4, -0.2) is 23.0 Å². The molecule has 1 aromatic heterocycles. The first kappa shape index (κ1) is 11.4. The second kappa shape index (κ2) is 4.21. The summed E-state index contributed by atoms with van der Waals surface area (Å²) in [5, 5.41) is 0. The largest absolute Gasteiger partial charge is 0.468 e. The van der Waals surface area contributed by atoms with E-state index in [1.54, 1.807) is 32.3 Å². The van der Waals surface area contributed by atoms with Gasteiger partial charge in [-0.3, -0.25) is 14.8 Å². The van der Waals surface area contributed by atoms with Gasteiger partial charge in [-0.1, -0.05) is 6.58 Å². The average molecular weight is 206 g/mol. The normalized spacial score (nSPS) is 10.9. The molecule has 0 spiro atoms. The molecule has 1 heterocycles. The molecular formula is C11H14N2O2. The second-order valence-corrected chi connectivity index (χ2v) is 3.65. The third-order valence-corrected chi connectivity index (χ3v) is 2.22. The van der Waals surface area contributed by atoms with Gasteiger partial charge in [-0.05, 0) is 19.9 Å². The number of rotatable bonds is 3. The maximum atomic E-state index is 11.5. The van der Waals surface area contributed by atoms with Gasteiger partial charge >= 0.3 is 5.97 Å². The molecule has 0 aromatic carbocycles. The van der Waals surface area contributed by atoms with Gasteiger partial charge in [0.15, 0.2) is 0 Å². The quantitative estimate of drug-likeness (QED) is 0.704. The molecule has 0 atom stereocenters. The Morgan fingerprint density at radius 1 is 1.47 bits per heavy atom. The molecule has 0 radical (unpaired) electrons. The topological polar surface area (TPSA) is 52.1 Å². The number of ether oxygens (including phenoxy) is 1. The maximum absolute atomic E-state index is 11.5. The van der Waals surface area contributed by atoms with Gasteiger partial charge in [0.2, 0.25) is 0 Å². The Labute approximate surface area is 89.0 Å². The highest BCUT2D eigenvalue weighted by molar-refractivity contribution is 5.81. The van der Waals surface area contributed by atoms with Crippen LogP contribution < -0.4 is 0 Å². The van der Waals surface area contributed by atoms with Gasteiger partial charge in [0.1, 0.15) is 5.41 Å². The first-order chi connectivity index (χ1) is 7.02. The molecule has 4 heteroatoms. The third kappa shape index (κ3) is 2.21. The molecule has 4 nitrogen and oxygen atoms in total. The highest BCUT2D eigenvalue weighted by Crippen LogP contribution is 2.21. The lowest BCUT2D eigenvalue weighted by atomic mass is 9.90. The number of carbonyl (C=O) groups is 1. The van der Waals surface area contributed by atoms with Crippen LogP contribution in [-0.2, 0) is 14.9 Å². The fourth-order valence-corrected chi connectivity index (χ4v) is 1.13. The zero-order valence-electron chi connectivity index (χ0n) is 9.15. The zero-order chi connectivity index (χ0) is 11.5. The number of esters is 1. The van der Waals surface area contributed by atoms with Crippen molar-refractivity contribution in [2.24, 2.45) is 0 Å². The van der Waals surface area contributed by atoms with E-state index in [9.17, 15) is 4.79 Å². The minimum absolute atomic E-state index is 0.330. The van der Waals surface area contributed by atoms with Crippen molar-refractivity contribution in [3.8, 4) is 0 Å². The Bertz CT molecular complexity index is 369. The molecule has 0 saturated carbocycles. The van der Waals surface area contributed by atoms with Crippen molar-refractivity contribution >= 4 is 12.0 Å². The second-order valence-electron chi connectivity index (χ2n) is 3.65. The highest BCUT2D eigenvalue weighted by atomic mass is 16.5. The van der Waals surface area contributed by atoms with E-state index in [4.69, 9.17) is 4.74 Å². The van der Waals surface area contributed by atoms with Gasteiger partial charge in [-0.2, -0.15) is 0 Å². The van der Waals surface area contributed by atoms with E-state index in [0.29, 0.717) is 11.4 Å². The van der Waals surface area contributed by atoms with Crippen molar-refractivity contribution in [2.75, 3.05) is 7.11 Å². The lowest BCUT2D eigenvalue weighted by Gasteiger charge is -2.20. The van der Waals surface area contributed by atoms with Crippen LogP contribution in [0.25, 0.3) is 6.08 Å². The Hall–Kier alpha value is -1.71. The summed E-state index contributed by atoms with van der Waals surface area (Å²) >= 11 is 0. The van der Waals surface area contributed by atoms with E-state index >= 15 is 0 Å². The van der Waals surface area contributed by atoms with Crippen LogP contribution in [0.4, 0.5) is 0 Å². The Morgan fingerprint density at radius 2 is 2.13 bits per heavy atom. The number of carbonyl (C=O) groups excluding carboxylic acids is 1. The van der Waals surface area contributed by atoms with E-state index in [0.717, 1.165) is 0 Å². The van der Waals surface area contributed by atoms with Crippen LogP contribution in [0.15, 0.2) is 19.0 Å². The molecule has 0 aliphatic carbocycles. The van der Waals surface area contributed by atoms with E-state index < -0.39 is 5.41 Å². The fourth-order valence-electron chi connectivity index (χ4n) is 1.13. The summed E-state index contributed by atoms with van der Waals surface area (Å²) in [5.74, 6) is -0.330. The average Bonchev–Trinajstić information content (AvgIpc) is 2.28. The van der Waals surface area contributed by atoms with Gasteiger partial charge in [0, 0.05) is 0 Å². The monoisotopic (exact) mass is 206 g/mol. The summed E-state index contributed by atoms with van der Waals surface area (Å²) in [7, 11) is 1.36. The van der Waals surface area contributed by atoms with E-state index in [1.807, 2.05) is 0 Å². The third-order valence-electron chi connectivity index (χ3n) is 2.22. The van der Waals surface area contributed by atoms with Crippen molar-refractivity contribution in [2.45, 2.75) is 19.3 Å². The van der Waals surface area contributed by atoms with Gasteiger partial charge in [0.25, 0.3) is 0 Å². The molecule has 0 unspecified atom stereocenters. The van der Waals surface area contributed by atoms with E-state index in [1.165, 1.54) is 7.11 Å². The SMILES string of the molecule is C=Cc1cnc(C(C)(C)C(=O)OC)cn1. The smallest absolute Gasteiger partial charge is 0.317 e. The van der Waals surface area contributed by atoms with Crippen LogP contribution in [0.5, 0.6) is 0 Å². The predicted octanol–water partition coefficient (Wildman–Crippen LogP) is 1.57. The first-order valence-electron chi connectivity index (χ1n) is 4.55. The van der Waals surface area contributed by atoms with Crippen LogP contribution in [0.3, 0.4) is 0 Å². The molecule has 80 valence electrons. The highest BCUT2D eigenvalue weighted by Gasteiger charge is 2.32. The number of hydrogen-bond donors (Lipinski definition) is 0. The van der Waals surface area contributed by atoms with Crippen LogP contribution in [0, 0.1) is 0 Å². The first-order valence-corrected chi connectivity index (χ1v) is 4.55. The maximum Gasteiger partial charge on any atom is 0.317 e. The summed E-state index contributed by atoms with van der Waals surface area (Å²) in [4.78, 5) is 19.7. The van der Waals surface area contributed by atoms with Gasteiger partial charge < -0.3 is 4.74 Å². The van der Waals surface area contributed by atoms with Gasteiger partial charge in [-0.25, -0.2) is 0 Å². The van der Waals surface area contributed by atoms with Crippen molar-refractivity contribution in [3.63, 3.8) is 0 Å². The Balaban J connectivity index is 3.05. The fraction of sp³-hybridized carbons (Fsp3) is 0.364. The molecule has 0 amide bonds. The van der Waals surface area contributed by atoms with Crippen molar-refractivity contribution in [1.29, 1.82) is 0 Å². The molecular weight excluding hydrogens is 192 g/mol. The van der Waals surface area contributed by atoms with Gasteiger partial charge in [0.05, 0.1) is 30.9 Å². The molecule has 0 aliphatic rings. The molecule has 0 saturated heterocycles.